The number of carbonyl (C=O) groups is 1. The number of nitrogens with two attached hydrogens (primary N) is 1. The largest absolute Gasteiger partial charge is 0.371 e. The highest BCUT2D eigenvalue weighted by Crippen LogP contribution is 2.02. The Morgan fingerprint density at radius 1 is 1.33 bits per heavy atom. The zero-order valence-electron chi connectivity index (χ0n) is 9.19. The highest BCUT2D eigenvalue weighted by Gasteiger charge is 2.12. The van der Waals surface area contributed by atoms with Crippen LogP contribution >= 0.6 is 0 Å². The summed E-state index contributed by atoms with van der Waals surface area (Å²) in [5.74, 6) is -0.0140. The highest BCUT2D eigenvalue weighted by atomic mass is 16.5. The van der Waals surface area contributed by atoms with E-state index in [0.717, 1.165) is 0 Å². The van der Waals surface area contributed by atoms with Gasteiger partial charge in [0.05, 0.1) is 6.61 Å². The van der Waals surface area contributed by atoms with E-state index in [0.29, 0.717) is 12.2 Å². The van der Waals surface area contributed by atoms with Crippen molar-refractivity contribution in [2.45, 2.75) is 19.4 Å². The zero-order valence-corrected chi connectivity index (χ0v) is 9.19. The van der Waals surface area contributed by atoms with Crippen molar-refractivity contribution in [1.82, 2.24) is 0 Å². The summed E-state index contributed by atoms with van der Waals surface area (Å²) in [6.07, 6.45) is 0. The minimum atomic E-state index is -0.392. The van der Waals surface area contributed by atoms with Gasteiger partial charge in [-0.2, -0.15) is 0 Å². The minimum Gasteiger partial charge on any atom is -0.371 e. The Kier molecular flexibility index (Phi) is 4.00. The van der Waals surface area contributed by atoms with Gasteiger partial charge in [0.1, 0.15) is 6.61 Å². The van der Waals surface area contributed by atoms with Gasteiger partial charge in [-0.3, -0.25) is 4.79 Å². The molecule has 82 valence electrons. The highest BCUT2D eigenvalue weighted by molar-refractivity contribution is 5.96. The third-order valence-electron chi connectivity index (χ3n) is 1.80. The molecule has 1 aromatic carbocycles. The average Bonchev–Trinajstić information content (AvgIpc) is 2.17. The van der Waals surface area contributed by atoms with Gasteiger partial charge in [-0.25, -0.2) is 0 Å². The van der Waals surface area contributed by atoms with E-state index in [2.05, 4.69) is 0 Å². The van der Waals surface area contributed by atoms with Gasteiger partial charge in [-0.05, 0) is 13.8 Å². The summed E-state index contributed by atoms with van der Waals surface area (Å²) < 4.78 is 5.24. The second-order valence-corrected chi connectivity index (χ2v) is 4.27. The molecule has 1 rings (SSSR count). The maximum absolute atomic E-state index is 11.6. The summed E-state index contributed by atoms with van der Waals surface area (Å²) >= 11 is 0. The lowest BCUT2D eigenvalue weighted by Crippen LogP contribution is -2.38. The van der Waals surface area contributed by atoms with E-state index in [-0.39, 0.29) is 12.4 Å². The molecular weight excluding hydrogens is 190 g/mol. The lowest BCUT2D eigenvalue weighted by Gasteiger charge is -2.17. The fourth-order valence-electron chi connectivity index (χ4n) is 1.11. The second-order valence-electron chi connectivity index (χ2n) is 4.27. The molecule has 0 bridgehead atoms. The first-order chi connectivity index (χ1) is 6.99. The molecule has 0 saturated carbocycles. The predicted octanol–water partition coefficient (Wildman–Crippen LogP) is 1.62. The van der Waals surface area contributed by atoms with Crippen LogP contribution in [-0.2, 0) is 4.74 Å². The maximum Gasteiger partial charge on any atom is 0.188 e. The van der Waals surface area contributed by atoms with Crippen LogP contribution in [0.25, 0.3) is 0 Å². The summed E-state index contributed by atoms with van der Waals surface area (Å²) in [5, 5.41) is 0. The Morgan fingerprint density at radius 3 is 2.47 bits per heavy atom. The molecule has 0 radical (unpaired) electrons. The van der Waals surface area contributed by atoms with Gasteiger partial charge in [0.2, 0.25) is 0 Å². The molecule has 3 heteroatoms. The van der Waals surface area contributed by atoms with Gasteiger partial charge in [0.15, 0.2) is 5.78 Å². The molecule has 0 unspecified atom stereocenters. The molecule has 3 nitrogen and oxygen atoms in total. The molecule has 0 amide bonds. The Bertz CT molecular complexity index is 314. The topological polar surface area (TPSA) is 52.3 Å². The van der Waals surface area contributed by atoms with Crippen molar-refractivity contribution in [2.75, 3.05) is 13.2 Å². The molecule has 0 aliphatic heterocycles. The molecule has 0 heterocycles. The molecule has 1 aromatic rings. The van der Waals surface area contributed by atoms with Gasteiger partial charge >= 0.3 is 0 Å². The van der Waals surface area contributed by atoms with E-state index in [9.17, 15) is 4.79 Å². The summed E-state index contributed by atoms with van der Waals surface area (Å²) in [6.45, 7) is 4.19. The molecular formula is C12H17NO2. The number of benzene rings is 1. The number of hydrogen-bond acceptors (Lipinski definition) is 3. The van der Waals surface area contributed by atoms with Crippen LogP contribution < -0.4 is 5.73 Å². The third kappa shape index (κ3) is 4.72. The molecule has 0 aromatic heterocycles. The average molecular weight is 207 g/mol. The Labute approximate surface area is 90.2 Å². The summed E-state index contributed by atoms with van der Waals surface area (Å²) in [7, 11) is 0. The van der Waals surface area contributed by atoms with Crippen molar-refractivity contribution in [3.05, 3.63) is 35.9 Å². The van der Waals surface area contributed by atoms with Crippen LogP contribution in [0.2, 0.25) is 0 Å². The lowest BCUT2D eigenvalue weighted by molar-refractivity contribution is 0.0670. The number of ketones is 1. The number of rotatable bonds is 5. The quantitative estimate of drug-likeness (QED) is 0.746. The number of Topliss-reactive ketones (excluding diaryl/α,β-unsaturated/α-hetero) is 1. The van der Waals surface area contributed by atoms with Gasteiger partial charge < -0.3 is 10.5 Å². The Morgan fingerprint density at radius 2 is 1.93 bits per heavy atom. The lowest BCUT2D eigenvalue weighted by atomic mass is 10.1. The molecule has 2 N–H and O–H groups in total. The monoisotopic (exact) mass is 207 g/mol. The second kappa shape index (κ2) is 5.05. The number of hydrogen-bond donors (Lipinski definition) is 1. The fraction of sp³-hybridized carbons (Fsp3) is 0.417. The van der Waals surface area contributed by atoms with Crippen LogP contribution in [0.5, 0.6) is 0 Å². The predicted molar refractivity (Wildman–Crippen MR) is 59.9 cm³/mol. The molecule has 0 atom stereocenters. The van der Waals surface area contributed by atoms with Crippen LogP contribution in [0, 0.1) is 0 Å². The standard InChI is InChI=1S/C12H17NO2/c1-12(2,13)9-15-8-11(14)10-6-4-3-5-7-10/h3-7H,8-9,13H2,1-2H3. The summed E-state index contributed by atoms with van der Waals surface area (Å²) in [5.41, 5.74) is 6.01. The van der Waals surface area contributed by atoms with Crippen LogP contribution in [0.15, 0.2) is 30.3 Å². The van der Waals surface area contributed by atoms with E-state index in [1.165, 1.54) is 0 Å². The van der Waals surface area contributed by atoms with Crippen molar-refractivity contribution in [3.8, 4) is 0 Å². The van der Waals surface area contributed by atoms with Gasteiger partial charge in [-0.1, -0.05) is 30.3 Å². The van der Waals surface area contributed by atoms with Crippen LogP contribution in [0.1, 0.15) is 24.2 Å². The van der Waals surface area contributed by atoms with Crippen molar-refractivity contribution < 1.29 is 9.53 Å². The normalized spacial score (nSPS) is 11.4. The van der Waals surface area contributed by atoms with Crippen LogP contribution in [0.3, 0.4) is 0 Å². The molecule has 0 fully saturated rings. The van der Waals surface area contributed by atoms with Crippen LogP contribution in [0.4, 0.5) is 0 Å². The van der Waals surface area contributed by atoms with Crippen molar-refractivity contribution >= 4 is 5.78 Å². The van der Waals surface area contributed by atoms with Gasteiger partial charge in [0.25, 0.3) is 0 Å². The maximum atomic E-state index is 11.6. The smallest absolute Gasteiger partial charge is 0.188 e. The van der Waals surface area contributed by atoms with Crippen molar-refractivity contribution in [3.63, 3.8) is 0 Å². The van der Waals surface area contributed by atoms with Gasteiger partial charge in [-0.15, -0.1) is 0 Å². The zero-order chi connectivity index (χ0) is 11.3. The molecule has 0 saturated heterocycles. The van der Waals surface area contributed by atoms with E-state index in [4.69, 9.17) is 10.5 Å². The molecule has 0 aliphatic rings. The molecule has 0 spiro atoms. The van der Waals surface area contributed by atoms with E-state index >= 15 is 0 Å². The SMILES string of the molecule is CC(C)(N)COCC(=O)c1ccccc1. The fourth-order valence-corrected chi connectivity index (χ4v) is 1.11. The summed E-state index contributed by atoms with van der Waals surface area (Å²) in [4.78, 5) is 11.6. The third-order valence-corrected chi connectivity index (χ3v) is 1.80. The minimum absolute atomic E-state index is 0.0140. The number of ether oxygens (including phenoxy) is 1. The summed E-state index contributed by atoms with van der Waals surface area (Å²) in [6, 6.07) is 9.10. The molecule has 15 heavy (non-hydrogen) atoms. The first-order valence-electron chi connectivity index (χ1n) is 4.94. The molecule has 0 aliphatic carbocycles. The van der Waals surface area contributed by atoms with Gasteiger partial charge in [0, 0.05) is 11.1 Å². The Hall–Kier alpha value is -1.19. The van der Waals surface area contributed by atoms with E-state index < -0.39 is 5.54 Å². The van der Waals surface area contributed by atoms with Crippen molar-refractivity contribution in [2.24, 2.45) is 5.73 Å². The van der Waals surface area contributed by atoms with E-state index in [1.54, 1.807) is 12.1 Å². The van der Waals surface area contributed by atoms with Crippen LogP contribution in [-0.4, -0.2) is 24.5 Å². The first-order valence-corrected chi connectivity index (χ1v) is 4.94. The van der Waals surface area contributed by atoms with Crippen molar-refractivity contribution in [1.29, 1.82) is 0 Å². The van der Waals surface area contributed by atoms with E-state index in [1.807, 2.05) is 32.0 Å². The first kappa shape index (κ1) is 11.9. The Balaban J connectivity index is 2.38. The number of carbonyl (C=O) groups excluding carboxylic acids is 1.